The molecule has 32 heavy (non-hydrogen) atoms. The van der Waals surface area contributed by atoms with E-state index in [-0.39, 0.29) is 35.6 Å². The SMILES string of the molecule is Cn1ncc2c(Cc3c(F)ccc(F)c3F)nn(-c3nc(N)c4c(n3)NC(=O)C4(C)C)c21. The Labute approximate surface area is 179 Å². The molecule has 1 aliphatic heterocycles. The lowest BCUT2D eigenvalue weighted by Gasteiger charge is -2.16. The molecule has 1 aliphatic rings. The monoisotopic (exact) mass is 442 g/mol. The first-order valence-electron chi connectivity index (χ1n) is 9.61. The van der Waals surface area contributed by atoms with Crippen molar-refractivity contribution < 1.29 is 18.0 Å². The van der Waals surface area contributed by atoms with Crippen LogP contribution in [0.4, 0.5) is 24.8 Å². The van der Waals surface area contributed by atoms with Crippen LogP contribution in [-0.4, -0.2) is 35.4 Å². The Bertz CT molecular complexity index is 1440. The first kappa shape index (κ1) is 20.0. The van der Waals surface area contributed by atoms with Crippen LogP contribution in [0.25, 0.3) is 17.0 Å². The highest BCUT2D eigenvalue weighted by Crippen LogP contribution is 2.39. The van der Waals surface area contributed by atoms with Gasteiger partial charge in [-0.15, -0.1) is 0 Å². The number of amides is 1. The van der Waals surface area contributed by atoms with Gasteiger partial charge in [0.2, 0.25) is 5.91 Å². The lowest BCUT2D eigenvalue weighted by Crippen LogP contribution is -2.27. The summed E-state index contributed by atoms with van der Waals surface area (Å²) in [5.74, 6) is -3.19. The summed E-state index contributed by atoms with van der Waals surface area (Å²) in [5, 5.41) is 11.8. The number of benzene rings is 1. The first-order valence-corrected chi connectivity index (χ1v) is 9.61. The molecule has 4 heterocycles. The number of carbonyl (C=O) groups excluding carboxylic acids is 1. The molecule has 0 fully saturated rings. The quantitative estimate of drug-likeness (QED) is 0.471. The average Bonchev–Trinajstić information content (AvgIpc) is 3.35. The molecule has 5 rings (SSSR count). The number of nitrogen functional groups attached to an aromatic ring is 1. The second-order valence-electron chi connectivity index (χ2n) is 8.07. The van der Waals surface area contributed by atoms with E-state index in [0.29, 0.717) is 16.6 Å². The van der Waals surface area contributed by atoms with Crippen LogP contribution in [0, 0.1) is 17.5 Å². The zero-order valence-electron chi connectivity index (χ0n) is 17.2. The topological polar surface area (TPSA) is 117 Å². The maximum Gasteiger partial charge on any atom is 0.256 e. The second kappa shape index (κ2) is 6.52. The highest BCUT2D eigenvalue weighted by atomic mass is 19.2. The van der Waals surface area contributed by atoms with Crippen molar-refractivity contribution in [3.8, 4) is 5.95 Å². The van der Waals surface area contributed by atoms with Crippen LogP contribution in [0.3, 0.4) is 0 Å². The van der Waals surface area contributed by atoms with Crippen molar-refractivity contribution in [1.82, 2.24) is 29.5 Å². The van der Waals surface area contributed by atoms with Crippen molar-refractivity contribution in [3.63, 3.8) is 0 Å². The summed E-state index contributed by atoms with van der Waals surface area (Å²) >= 11 is 0. The molecule has 0 saturated carbocycles. The molecule has 0 radical (unpaired) electrons. The van der Waals surface area contributed by atoms with Gasteiger partial charge in [-0.25, -0.2) is 13.2 Å². The Morgan fingerprint density at radius 2 is 1.88 bits per heavy atom. The highest BCUT2D eigenvalue weighted by molar-refractivity contribution is 6.06. The summed E-state index contributed by atoms with van der Waals surface area (Å²) in [6.07, 6.45) is 1.15. The molecule has 0 aliphatic carbocycles. The molecule has 0 spiro atoms. The third kappa shape index (κ3) is 2.68. The minimum absolute atomic E-state index is 0.0410. The normalized spacial score (nSPS) is 14.8. The molecule has 12 heteroatoms. The van der Waals surface area contributed by atoms with Crippen LogP contribution in [0.5, 0.6) is 0 Å². The molecule has 0 bridgehead atoms. The van der Waals surface area contributed by atoms with Crippen molar-refractivity contribution in [2.45, 2.75) is 25.7 Å². The molecule has 9 nitrogen and oxygen atoms in total. The van der Waals surface area contributed by atoms with Crippen LogP contribution in [0.2, 0.25) is 0 Å². The van der Waals surface area contributed by atoms with E-state index in [4.69, 9.17) is 5.73 Å². The fourth-order valence-electron chi connectivity index (χ4n) is 3.92. The number of hydrogen-bond donors (Lipinski definition) is 2. The lowest BCUT2D eigenvalue weighted by molar-refractivity contribution is -0.119. The Hall–Kier alpha value is -3.96. The second-order valence-corrected chi connectivity index (χ2v) is 8.07. The summed E-state index contributed by atoms with van der Waals surface area (Å²) in [6, 6.07) is 1.59. The fourth-order valence-corrected chi connectivity index (χ4v) is 3.92. The van der Waals surface area contributed by atoms with Crippen LogP contribution in [0.1, 0.15) is 30.7 Å². The number of carbonyl (C=O) groups is 1. The predicted octanol–water partition coefficient (Wildman–Crippen LogP) is 2.37. The van der Waals surface area contributed by atoms with Gasteiger partial charge < -0.3 is 11.1 Å². The summed E-state index contributed by atoms with van der Waals surface area (Å²) in [4.78, 5) is 21.0. The van der Waals surface area contributed by atoms with Gasteiger partial charge in [0, 0.05) is 19.0 Å². The Morgan fingerprint density at radius 3 is 2.62 bits per heavy atom. The molecule has 4 aromatic rings. The van der Waals surface area contributed by atoms with E-state index in [0.717, 1.165) is 12.1 Å². The molecular weight excluding hydrogens is 425 g/mol. The number of anilines is 2. The maximum atomic E-state index is 14.2. The zero-order valence-corrected chi connectivity index (χ0v) is 17.2. The van der Waals surface area contributed by atoms with Gasteiger partial charge in [0.15, 0.2) is 17.3 Å². The number of hydrogen-bond acceptors (Lipinski definition) is 6. The van der Waals surface area contributed by atoms with E-state index in [9.17, 15) is 18.0 Å². The van der Waals surface area contributed by atoms with Gasteiger partial charge in [0.05, 0.1) is 28.3 Å². The molecule has 0 atom stereocenters. The van der Waals surface area contributed by atoms with Gasteiger partial charge in [0.25, 0.3) is 5.95 Å². The molecule has 0 saturated heterocycles. The number of nitrogens with zero attached hydrogens (tertiary/aromatic N) is 6. The fraction of sp³-hybridized carbons (Fsp3) is 0.250. The smallest absolute Gasteiger partial charge is 0.256 e. The van der Waals surface area contributed by atoms with Crippen molar-refractivity contribution in [2.24, 2.45) is 7.05 Å². The van der Waals surface area contributed by atoms with Gasteiger partial charge in [-0.05, 0) is 26.0 Å². The Kier molecular flexibility index (Phi) is 4.07. The third-order valence-electron chi connectivity index (χ3n) is 5.66. The van der Waals surface area contributed by atoms with Crippen molar-refractivity contribution in [3.05, 3.63) is 52.6 Å². The molecular formula is C20H17F3N8O. The van der Waals surface area contributed by atoms with Gasteiger partial charge >= 0.3 is 0 Å². The summed E-state index contributed by atoms with van der Waals surface area (Å²) in [5.41, 5.74) is 5.93. The third-order valence-corrected chi connectivity index (χ3v) is 5.66. The van der Waals surface area contributed by atoms with Gasteiger partial charge in [-0.3, -0.25) is 9.48 Å². The Balaban J connectivity index is 1.68. The van der Waals surface area contributed by atoms with Crippen molar-refractivity contribution in [2.75, 3.05) is 11.1 Å². The number of nitrogens with two attached hydrogens (primary N) is 1. The van der Waals surface area contributed by atoms with E-state index in [2.05, 4.69) is 25.5 Å². The van der Waals surface area contributed by atoms with E-state index in [1.165, 1.54) is 15.6 Å². The van der Waals surface area contributed by atoms with Gasteiger partial charge in [0.1, 0.15) is 17.5 Å². The zero-order chi connectivity index (χ0) is 22.9. The van der Waals surface area contributed by atoms with Crippen molar-refractivity contribution >= 4 is 28.6 Å². The molecule has 164 valence electrons. The number of rotatable bonds is 3. The number of nitrogens with one attached hydrogen (secondary N) is 1. The van der Waals surface area contributed by atoms with Crippen LogP contribution >= 0.6 is 0 Å². The maximum absolute atomic E-state index is 14.2. The van der Waals surface area contributed by atoms with Crippen LogP contribution in [-0.2, 0) is 23.7 Å². The molecule has 1 amide bonds. The van der Waals surface area contributed by atoms with Gasteiger partial charge in [-0.1, -0.05) is 0 Å². The van der Waals surface area contributed by atoms with E-state index >= 15 is 0 Å². The number of aryl methyl sites for hydroxylation is 1. The first-order chi connectivity index (χ1) is 15.1. The average molecular weight is 442 g/mol. The highest BCUT2D eigenvalue weighted by Gasteiger charge is 2.42. The summed E-state index contributed by atoms with van der Waals surface area (Å²) in [6.45, 7) is 3.42. The van der Waals surface area contributed by atoms with E-state index in [1.54, 1.807) is 20.9 Å². The van der Waals surface area contributed by atoms with Gasteiger partial charge in [-0.2, -0.15) is 24.8 Å². The van der Waals surface area contributed by atoms with Crippen LogP contribution in [0.15, 0.2) is 18.3 Å². The minimum atomic E-state index is -1.28. The Morgan fingerprint density at radius 1 is 1.16 bits per heavy atom. The van der Waals surface area contributed by atoms with Crippen molar-refractivity contribution in [1.29, 1.82) is 0 Å². The standard InChI is InChI=1S/C20H17F3N8O/c1-20(2)13-15(24)26-19(28-16(13)27-18(20)32)31-17-9(7-25-30(17)3)12(29-31)6-8-10(21)4-5-11(22)14(8)23/h4-5,7H,6H2,1-3H3,(H3,24,26,27,28,32). The molecule has 3 N–H and O–H groups in total. The van der Waals surface area contributed by atoms with Crippen LogP contribution < -0.4 is 11.1 Å². The number of aromatic nitrogens is 6. The van der Waals surface area contributed by atoms with E-state index < -0.39 is 28.4 Å². The minimum Gasteiger partial charge on any atom is -0.383 e. The molecule has 1 aromatic carbocycles. The molecule has 3 aromatic heterocycles. The largest absolute Gasteiger partial charge is 0.383 e. The molecule has 0 unspecified atom stereocenters. The number of halogens is 3. The predicted molar refractivity (Wildman–Crippen MR) is 109 cm³/mol. The summed E-state index contributed by atoms with van der Waals surface area (Å²) in [7, 11) is 1.65. The van der Waals surface area contributed by atoms with E-state index in [1.807, 2.05) is 0 Å². The summed E-state index contributed by atoms with van der Waals surface area (Å²) < 4.78 is 44.9. The number of fused-ring (bicyclic) bond motifs is 2. The lowest BCUT2D eigenvalue weighted by atomic mass is 9.87.